The van der Waals surface area contributed by atoms with Crippen molar-refractivity contribution in [3.63, 3.8) is 0 Å². The number of aliphatic hydroxyl groups is 1. The molecule has 4 amide bonds. The maximum Gasteiger partial charge on any atom is 0.326 e. The van der Waals surface area contributed by atoms with Crippen LogP contribution in [0.15, 0.2) is 0 Å². The number of aliphatic hydroxyl groups excluding tert-OH is 1. The third-order valence-corrected chi connectivity index (χ3v) is 4.14. The summed E-state index contributed by atoms with van der Waals surface area (Å²) in [5.41, 5.74) is 10.7. The van der Waals surface area contributed by atoms with Crippen LogP contribution in [0.25, 0.3) is 0 Å². The number of hydrogen-bond acceptors (Lipinski definition) is 8. The first kappa shape index (κ1) is 27.7. The minimum Gasteiger partial charge on any atom is -0.481 e. The lowest BCUT2D eigenvalue weighted by Gasteiger charge is -2.24. The lowest BCUT2D eigenvalue weighted by atomic mass is 10.0. The summed E-state index contributed by atoms with van der Waals surface area (Å²) >= 11 is 0. The normalized spacial score (nSPS) is 14.6. The van der Waals surface area contributed by atoms with Gasteiger partial charge in [0.15, 0.2) is 0 Å². The third-order valence-electron chi connectivity index (χ3n) is 4.14. The predicted molar refractivity (Wildman–Crippen MR) is 104 cm³/mol. The average Bonchev–Trinajstić information content (AvgIpc) is 2.66. The van der Waals surface area contributed by atoms with Gasteiger partial charge in [0.25, 0.3) is 0 Å². The molecule has 0 spiro atoms. The van der Waals surface area contributed by atoms with E-state index in [-0.39, 0.29) is 5.92 Å². The molecule has 176 valence electrons. The van der Waals surface area contributed by atoms with Crippen molar-refractivity contribution in [2.45, 2.75) is 57.3 Å². The maximum absolute atomic E-state index is 12.4. The molecule has 4 atom stereocenters. The predicted octanol–water partition coefficient (Wildman–Crippen LogP) is -3.76. The number of carbonyl (C=O) groups is 6. The van der Waals surface area contributed by atoms with E-state index in [1.807, 2.05) is 5.32 Å². The van der Waals surface area contributed by atoms with Gasteiger partial charge in [0.1, 0.15) is 18.1 Å². The Morgan fingerprint density at radius 1 is 0.839 bits per heavy atom. The molecule has 14 heteroatoms. The number of carboxylic acid groups (broad SMARTS) is 2. The van der Waals surface area contributed by atoms with Gasteiger partial charge in [-0.3, -0.25) is 24.0 Å². The summed E-state index contributed by atoms with van der Waals surface area (Å²) in [6.07, 6.45) is -1.73. The summed E-state index contributed by atoms with van der Waals surface area (Å²) in [5, 5.41) is 33.5. The molecule has 31 heavy (non-hydrogen) atoms. The Bertz CT molecular complexity index is 697. The third kappa shape index (κ3) is 10.4. The highest BCUT2D eigenvalue weighted by Gasteiger charge is 2.31. The number of aliphatic carboxylic acids is 2. The summed E-state index contributed by atoms with van der Waals surface area (Å²) in [6.45, 7) is 2.47. The second-order valence-electron chi connectivity index (χ2n) is 7.08. The van der Waals surface area contributed by atoms with E-state index >= 15 is 0 Å². The van der Waals surface area contributed by atoms with E-state index in [0.717, 1.165) is 0 Å². The topological polar surface area (TPSA) is 251 Å². The Morgan fingerprint density at radius 3 is 1.74 bits per heavy atom. The minimum atomic E-state index is -1.64. The monoisotopic (exact) mass is 447 g/mol. The number of nitrogens with two attached hydrogens (primary N) is 2. The SMILES string of the molecule is CC(C)C(N)C(=O)NC(CO)C(=O)NC(CC(N)=O)C(=O)NC(CCC(=O)O)C(=O)O. The van der Waals surface area contributed by atoms with Crippen LogP contribution in [-0.2, 0) is 28.8 Å². The van der Waals surface area contributed by atoms with Crippen LogP contribution in [0.5, 0.6) is 0 Å². The van der Waals surface area contributed by atoms with Crippen molar-refractivity contribution in [1.29, 1.82) is 0 Å². The summed E-state index contributed by atoms with van der Waals surface area (Å²) in [7, 11) is 0. The van der Waals surface area contributed by atoms with Gasteiger partial charge >= 0.3 is 11.9 Å². The largest absolute Gasteiger partial charge is 0.481 e. The molecule has 0 saturated carbocycles. The highest BCUT2D eigenvalue weighted by Crippen LogP contribution is 2.02. The molecule has 0 aromatic heterocycles. The van der Waals surface area contributed by atoms with Crippen LogP contribution in [0.1, 0.15) is 33.1 Å². The first-order chi connectivity index (χ1) is 14.3. The molecule has 0 aromatic carbocycles. The maximum atomic E-state index is 12.4. The van der Waals surface area contributed by atoms with Crippen LogP contribution in [0.2, 0.25) is 0 Å². The number of primary amides is 1. The number of carbonyl (C=O) groups excluding carboxylic acids is 4. The van der Waals surface area contributed by atoms with Gasteiger partial charge in [-0.1, -0.05) is 13.8 Å². The van der Waals surface area contributed by atoms with Gasteiger partial charge in [-0.2, -0.15) is 0 Å². The van der Waals surface area contributed by atoms with Crippen LogP contribution in [0.3, 0.4) is 0 Å². The number of carboxylic acids is 2. The van der Waals surface area contributed by atoms with Crippen molar-refractivity contribution in [2.24, 2.45) is 17.4 Å². The standard InChI is InChI=1S/C17H29N5O9/c1-7(2)13(19)16(29)22-10(6-23)15(28)21-9(5-11(18)24)14(27)20-8(17(30)31)3-4-12(25)26/h7-10,13,23H,3-6,19H2,1-2H3,(H2,18,24)(H,20,27)(H,21,28)(H,22,29)(H,25,26)(H,30,31). The van der Waals surface area contributed by atoms with Crippen molar-refractivity contribution in [1.82, 2.24) is 16.0 Å². The highest BCUT2D eigenvalue weighted by atomic mass is 16.4. The number of amides is 4. The van der Waals surface area contributed by atoms with Crippen molar-refractivity contribution in [3.8, 4) is 0 Å². The Hall–Kier alpha value is -3.26. The van der Waals surface area contributed by atoms with Gasteiger partial charge in [-0.25, -0.2) is 4.79 Å². The number of rotatable bonds is 14. The lowest BCUT2D eigenvalue weighted by Crippen LogP contribution is -2.59. The summed E-state index contributed by atoms with van der Waals surface area (Å²) < 4.78 is 0. The summed E-state index contributed by atoms with van der Waals surface area (Å²) in [5.74, 6) is -7.00. The van der Waals surface area contributed by atoms with Gasteiger partial charge in [0.2, 0.25) is 23.6 Å². The average molecular weight is 447 g/mol. The van der Waals surface area contributed by atoms with Crippen molar-refractivity contribution < 1.29 is 44.1 Å². The zero-order valence-electron chi connectivity index (χ0n) is 17.2. The minimum absolute atomic E-state index is 0.269. The lowest BCUT2D eigenvalue weighted by molar-refractivity contribution is -0.143. The van der Waals surface area contributed by atoms with Gasteiger partial charge in [0, 0.05) is 6.42 Å². The quantitative estimate of drug-likeness (QED) is 0.129. The first-order valence-corrected chi connectivity index (χ1v) is 9.30. The first-order valence-electron chi connectivity index (χ1n) is 9.30. The van der Waals surface area contributed by atoms with Gasteiger partial charge < -0.3 is 42.7 Å². The van der Waals surface area contributed by atoms with Crippen molar-refractivity contribution in [3.05, 3.63) is 0 Å². The number of hydrogen-bond donors (Lipinski definition) is 8. The Kier molecular flexibility index (Phi) is 11.7. The smallest absolute Gasteiger partial charge is 0.326 e. The summed E-state index contributed by atoms with van der Waals surface area (Å²) in [6, 6.07) is -5.73. The molecule has 0 saturated heterocycles. The van der Waals surface area contributed by atoms with E-state index in [0.29, 0.717) is 0 Å². The molecule has 4 unspecified atom stereocenters. The Labute approximate surface area is 177 Å². The molecule has 0 radical (unpaired) electrons. The molecule has 0 bridgehead atoms. The fraction of sp³-hybridized carbons (Fsp3) is 0.647. The van der Waals surface area contributed by atoms with E-state index in [1.54, 1.807) is 13.8 Å². The zero-order chi connectivity index (χ0) is 24.3. The Morgan fingerprint density at radius 2 is 1.32 bits per heavy atom. The van der Waals surface area contributed by atoms with E-state index in [2.05, 4.69) is 10.6 Å². The Balaban J connectivity index is 5.31. The second kappa shape index (κ2) is 13.1. The number of nitrogens with one attached hydrogen (secondary N) is 3. The fourth-order valence-electron chi connectivity index (χ4n) is 2.25. The summed E-state index contributed by atoms with van der Waals surface area (Å²) in [4.78, 5) is 69.9. The van der Waals surface area contributed by atoms with Crippen molar-refractivity contribution in [2.75, 3.05) is 6.61 Å². The molecule has 0 aliphatic rings. The van der Waals surface area contributed by atoms with Gasteiger partial charge in [0.05, 0.1) is 19.1 Å². The van der Waals surface area contributed by atoms with E-state index in [4.69, 9.17) is 21.7 Å². The molecule has 0 aromatic rings. The van der Waals surface area contributed by atoms with Crippen LogP contribution < -0.4 is 27.4 Å². The van der Waals surface area contributed by atoms with Gasteiger partial charge in [-0.15, -0.1) is 0 Å². The molecule has 0 fully saturated rings. The van der Waals surface area contributed by atoms with Crippen molar-refractivity contribution >= 4 is 35.6 Å². The fourth-order valence-corrected chi connectivity index (χ4v) is 2.25. The van der Waals surface area contributed by atoms with E-state index in [9.17, 15) is 33.9 Å². The van der Waals surface area contributed by atoms with E-state index < -0.39 is 85.6 Å². The molecule has 10 N–H and O–H groups in total. The van der Waals surface area contributed by atoms with Crippen LogP contribution >= 0.6 is 0 Å². The molecule has 0 aliphatic carbocycles. The van der Waals surface area contributed by atoms with Crippen LogP contribution in [-0.4, -0.2) is 81.7 Å². The molecular formula is C17H29N5O9. The molecular weight excluding hydrogens is 418 g/mol. The molecule has 0 rings (SSSR count). The molecule has 0 heterocycles. The van der Waals surface area contributed by atoms with Crippen LogP contribution in [0, 0.1) is 5.92 Å². The highest BCUT2D eigenvalue weighted by molar-refractivity contribution is 5.96. The van der Waals surface area contributed by atoms with Crippen LogP contribution in [0.4, 0.5) is 0 Å². The van der Waals surface area contributed by atoms with Gasteiger partial charge in [-0.05, 0) is 12.3 Å². The zero-order valence-corrected chi connectivity index (χ0v) is 17.2. The van der Waals surface area contributed by atoms with E-state index in [1.165, 1.54) is 0 Å². The second-order valence-corrected chi connectivity index (χ2v) is 7.08. The molecule has 14 nitrogen and oxygen atoms in total. The molecule has 0 aliphatic heterocycles.